The first-order valence-electron chi connectivity index (χ1n) is 20.4. The van der Waals surface area contributed by atoms with Gasteiger partial charge in [0.05, 0.1) is 16.4 Å². The van der Waals surface area contributed by atoms with Gasteiger partial charge < -0.3 is 9.47 Å². The van der Waals surface area contributed by atoms with E-state index in [4.69, 9.17) is 0 Å². The van der Waals surface area contributed by atoms with Gasteiger partial charge in [-0.15, -0.1) is 0 Å². The lowest BCUT2D eigenvalue weighted by Crippen LogP contribution is -2.26. The van der Waals surface area contributed by atoms with Crippen LogP contribution in [-0.2, 0) is 5.41 Å². The second-order valence-corrected chi connectivity index (χ2v) is 16.5. The van der Waals surface area contributed by atoms with Crippen LogP contribution in [-0.4, -0.2) is 4.57 Å². The van der Waals surface area contributed by atoms with Crippen molar-refractivity contribution in [3.8, 4) is 27.9 Å². The van der Waals surface area contributed by atoms with Gasteiger partial charge in [-0.25, -0.2) is 0 Å². The molecule has 274 valence electrons. The van der Waals surface area contributed by atoms with Crippen LogP contribution >= 0.6 is 0 Å². The molecule has 57 heavy (non-hydrogen) atoms. The maximum atomic E-state index is 2.47. The number of rotatable bonds is 6. The molecular formula is C55H44N2. The van der Waals surface area contributed by atoms with Crippen LogP contribution in [0.15, 0.2) is 182 Å². The fourth-order valence-corrected chi connectivity index (χ4v) is 10.1. The molecule has 0 atom stereocenters. The summed E-state index contributed by atoms with van der Waals surface area (Å²) in [6.07, 6.45) is 0. The average molecular weight is 733 g/mol. The SMILES string of the molecule is CC(C)c1ccc2c(c1)c1cc(C(C)C)ccc1n2-c1ccc(N(c2ccccc2)c2ccc3c(c2)C2(c4ccccc4-c4ccccc42)c2ccccc2-3)cc1. The predicted octanol–water partition coefficient (Wildman–Crippen LogP) is 14.8. The lowest BCUT2D eigenvalue weighted by Gasteiger charge is -2.32. The number of hydrogen-bond acceptors (Lipinski definition) is 1. The molecule has 0 bridgehead atoms. The Morgan fingerprint density at radius 2 is 0.825 bits per heavy atom. The lowest BCUT2D eigenvalue weighted by atomic mass is 9.70. The molecule has 0 fully saturated rings. The molecule has 8 aromatic carbocycles. The summed E-state index contributed by atoms with van der Waals surface area (Å²) in [6, 6.07) is 68.3. The smallest absolute Gasteiger partial charge is 0.0726 e. The Balaban J connectivity index is 1.09. The molecular weight excluding hydrogens is 689 g/mol. The first kappa shape index (κ1) is 33.7. The predicted molar refractivity (Wildman–Crippen MR) is 240 cm³/mol. The summed E-state index contributed by atoms with van der Waals surface area (Å²) in [7, 11) is 0. The molecule has 9 aromatic rings. The monoisotopic (exact) mass is 732 g/mol. The Labute approximate surface area is 335 Å². The minimum absolute atomic E-state index is 0.400. The third-order valence-electron chi connectivity index (χ3n) is 12.8. The molecule has 11 rings (SSSR count). The molecule has 2 aliphatic carbocycles. The normalized spacial score (nSPS) is 13.4. The van der Waals surface area contributed by atoms with Gasteiger partial charge in [-0.2, -0.15) is 0 Å². The van der Waals surface area contributed by atoms with Crippen LogP contribution < -0.4 is 4.90 Å². The van der Waals surface area contributed by atoms with Crippen LogP contribution in [0, 0.1) is 0 Å². The van der Waals surface area contributed by atoms with E-state index in [9.17, 15) is 0 Å². The molecule has 1 heterocycles. The first-order chi connectivity index (χ1) is 27.9. The summed E-state index contributed by atoms with van der Waals surface area (Å²) in [6.45, 7) is 9.12. The highest BCUT2D eigenvalue weighted by atomic mass is 15.1. The van der Waals surface area contributed by atoms with E-state index in [-0.39, 0.29) is 0 Å². The van der Waals surface area contributed by atoms with Crippen molar-refractivity contribution in [1.29, 1.82) is 0 Å². The highest BCUT2D eigenvalue weighted by molar-refractivity contribution is 6.10. The fraction of sp³-hybridized carbons (Fsp3) is 0.127. The highest BCUT2D eigenvalue weighted by Crippen LogP contribution is 2.63. The first-order valence-corrected chi connectivity index (χ1v) is 20.4. The van der Waals surface area contributed by atoms with Crippen LogP contribution in [0.5, 0.6) is 0 Å². The highest BCUT2D eigenvalue weighted by Gasteiger charge is 2.51. The van der Waals surface area contributed by atoms with Gasteiger partial charge >= 0.3 is 0 Å². The Bertz CT molecular complexity index is 2890. The number of nitrogens with zero attached hydrogens (tertiary/aromatic N) is 2. The summed E-state index contributed by atoms with van der Waals surface area (Å²) >= 11 is 0. The quantitative estimate of drug-likeness (QED) is 0.165. The van der Waals surface area contributed by atoms with Gasteiger partial charge in [-0.3, -0.25) is 0 Å². The van der Waals surface area contributed by atoms with E-state index >= 15 is 0 Å². The van der Waals surface area contributed by atoms with Crippen molar-refractivity contribution in [3.05, 3.63) is 215 Å². The van der Waals surface area contributed by atoms with E-state index in [1.165, 1.54) is 77.4 Å². The van der Waals surface area contributed by atoms with Gasteiger partial charge in [0.25, 0.3) is 0 Å². The van der Waals surface area contributed by atoms with E-state index in [2.05, 4.69) is 219 Å². The summed E-state index contributed by atoms with van der Waals surface area (Å²) in [4.78, 5) is 2.42. The molecule has 0 aliphatic heterocycles. The summed E-state index contributed by atoms with van der Waals surface area (Å²) in [5.74, 6) is 0.927. The largest absolute Gasteiger partial charge is 0.310 e. The maximum Gasteiger partial charge on any atom is 0.0726 e. The van der Waals surface area contributed by atoms with Crippen molar-refractivity contribution in [2.45, 2.75) is 44.9 Å². The zero-order valence-corrected chi connectivity index (χ0v) is 32.9. The Kier molecular flexibility index (Phi) is 7.50. The Morgan fingerprint density at radius 1 is 0.386 bits per heavy atom. The topological polar surface area (TPSA) is 8.17 Å². The third kappa shape index (κ3) is 4.83. The standard InChI is InChI=1S/C55H44N2/c1-35(2)37-22-30-53-47(32-37)48-33-38(36(3)4)23-31-54(48)57(53)41-26-24-40(25-27-41)56(39-14-6-5-7-15-39)42-28-29-46-45-18-10-13-21-51(45)55(52(46)34-42)49-19-11-8-16-43(49)44-17-9-12-20-50(44)55/h5-36H,1-4H3. The molecule has 1 aromatic heterocycles. The molecule has 2 nitrogen and oxygen atoms in total. The molecule has 0 N–H and O–H groups in total. The van der Waals surface area contributed by atoms with Gasteiger partial charge in [0.1, 0.15) is 0 Å². The molecule has 1 spiro atoms. The maximum absolute atomic E-state index is 2.47. The van der Waals surface area contributed by atoms with Gasteiger partial charge in [-0.05, 0) is 140 Å². The van der Waals surface area contributed by atoms with E-state index in [1.807, 2.05) is 0 Å². The number of anilines is 3. The van der Waals surface area contributed by atoms with Crippen molar-refractivity contribution in [2.75, 3.05) is 4.90 Å². The molecule has 0 unspecified atom stereocenters. The average Bonchev–Trinajstić information content (AvgIpc) is 3.85. The van der Waals surface area contributed by atoms with Crippen LogP contribution in [0.25, 0.3) is 49.7 Å². The molecule has 0 radical (unpaired) electrons. The minimum Gasteiger partial charge on any atom is -0.310 e. The zero-order chi connectivity index (χ0) is 38.4. The van der Waals surface area contributed by atoms with Crippen molar-refractivity contribution >= 4 is 38.9 Å². The van der Waals surface area contributed by atoms with Gasteiger partial charge in [-0.1, -0.05) is 137 Å². The van der Waals surface area contributed by atoms with Gasteiger partial charge in [0.2, 0.25) is 0 Å². The minimum atomic E-state index is -0.400. The van der Waals surface area contributed by atoms with Crippen LogP contribution in [0.3, 0.4) is 0 Å². The Hall–Kier alpha value is -6.64. The van der Waals surface area contributed by atoms with Crippen LogP contribution in [0.1, 0.15) is 72.9 Å². The van der Waals surface area contributed by atoms with E-state index in [0.717, 1.165) is 22.7 Å². The second kappa shape index (κ2) is 12.7. The van der Waals surface area contributed by atoms with Crippen molar-refractivity contribution in [3.63, 3.8) is 0 Å². The van der Waals surface area contributed by atoms with E-state index in [1.54, 1.807) is 0 Å². The van der Waals surface area contributed by atoms with Gasteiger partial charge in [0.15, 0.2) is 0 Å². The number of benzene rings is 8. The molecule has 0 saturated carbocycles. The third-order valence-corrected chi connectivity index (χ3v) is 12.8. The molecule has 2 heteroatoms. The van der Waals surface area contributed by atoms with Crippen molar-refractivity contribution in [1.82, 2.24) is 4.57 Å². The van der Waals surface area contributed by atoms with Crippen molar-refractivity contribution < 1.29 is 0 Å². The Morgan fingerprint density at radius 3 is 1.33 bits per heavy atom. The fourth-order valence-electron chi connectivity index (χ4n) is 10.1. The van der Waals surface area contributed by atoms with Crippen molar-refractivity contribution in [2.24, 2.45) is 0 Å². The van der Waals surface area contributed by atoms with Crippen LogP contribution in [0.2, 0.25) is 0 Å². The number of fused-ring (bicyclic) bond motifs is 13. The summed E-state index contributed by atoms with van der Waals surface area (Å²) in [5, 5.41) is 2.63. The number of para-hydroxylation sites is 1. The van der Waals surface area contributed by atoms with Crippen LogP contribution in [0.4, 0.5) is 17.1 Å². The van der Waals surface area contributed by atoms with Gasteiger partial charge in [0, 0.05) is 33.5 Å². The molecule has 0 saturated heterocycles. The van der Waals surface area contributed by atoms with E-state index < -0.39 is 5.41 Å². The molecule has 0 amide bonds. The van der Waals surface area contributed by atoms with E-state index in [0.29, 0.717) is 11.8 Å². The number of hydrogen-bond donors (Lipinski definition) is 0. The second-order valence-electron chi connectivity index (χ2n) is 16.5. The summed E-state index contributed by atoms with van der Waals surface area (Å²) in [5.41, 5.74) is 20.0. The summed E-state index contributed by atoms with van der Waals surface area (Å²) < 4.78 is 2.45. The lowest BCUT2D eigenvalue weighted by molar-refractivity contribution is 0.793. The number of aromatic nitrogens is 1. The molecule has 2 aliphatic rings. The zero-order valence-electron chi connectivity index (χ0n) is 32.9.